The van der Waals surface area contributed by atoms with Gasteiger partial charge in [-0.3, -0.25) is 0 Å². The highest BCUT2D eigenvalue weighted by Gasteiger charge is 2.21. The summed E-state index contributed by atoms with van der Waals surface area (Å²) in [5.74, 6) is 0.630. The normalized spacial score (nSPS) is 14.4. The summed E-state index contributed by atoms with van der Waals surface area (Å²) in [6.07, 6.45) is 2.10. The van der Waals surface area contributed by atoms with Crippen LogP contribution in [0.2, 0.25) is 0 Å². The van der Waals surface area contributed by atoms with Gasteiger partial charge in [0, 0.05) is 18.6 Å². The van der Waals surface area contributed by atoms with Gasteiger partial charge in [-0.15, -0.1) is 0 Å². The van der Waals surface area contributed by atoms with Crippen LogP contribution in [0.25, 0.3) is 0 Å². The molecular formula is C13H27NO3S. The molecule has 0 aliphatic heterocycles. The molecular weight excluding hydrogens is 250 g/mol. The summed E-state index contributed by atoms with van der Waals surface area (Å²) in [4.78, 5) is 0. The average molecular weight is 277 g/mol. The number of aliphatic hydroxyl groups is 1. The van der Waals surface area contributed by atoms with Gasteiger partial charge in [0.15, 0.2) is 0 Å². The van der Waals surface area contributed by atoms with Crippen LogP contribution in [0.3, 0.4) is 0 Å². The third-order valence-corrected chi connectivity index (χ3v) is 3.07. The number of thiol groups is 1. The van der Waals surface area contributed by atoms with E-state index in [0.29, 0.717) is 30.9 Å². The lowest BCUT2D eigenvalue weighted by Crippen LogP contribution is -2.29. The first-order valence-electron chi connectivity index (χ1n) is 6.20. The Morgan fingerprint density at radius 2 is 1.78 bits per heavy atom. The van der Waals surface area contributed by atoms with Crippen molar-refractivity contribution in [2.75, 3.05) is 6.61 Å². The zero-order valence-electron chi connectivity index (χ0n) is 12.1. The minimum absolute atomic E-state index is 0.271. The molecule has 0 aliphatic rings. The van der Waals surface area contributed by atoms with Crippen molar-refractivity contribution >= 4 is 12.9 Å². The Labute approximate surface area is 116 Å². The molecule has 0 heterocycles. The fourth-order valence-electron chi connectivity index (χ4n) is 1.32. The van der Waals surface area contributed by atoms with E-state index < -0.39 is 5.60 Å². The van der Waals surface area contributed by atoms with Crippen LogP contribution in [0.15, 0.2) is 11.5 Å². The molecule has 4 nitrogen and oxygen atoms in total. The number of allylic oxidation sites excluding steroid dienone is 2. The Morgan fingerprint density at radius 3 is 2.22 bits per heavy atom. The van der Waals surface area contributed by atoms with Crippen molar-refractivity contribution in [1.82, 2.24) is 0 Å². The van der Waals surface area contributed by atoms with E-state index in [-0.39, 0.29) is 5.60 Å². The highest BCUT2D eigenvalue weighted by atomic mass is 32.1. The summed E-state index contributed by atoms with van der Waals surface area (Å²) >= 11 is 3.71. The molecule has 3 N–H and O–H groups in total. The van der Waals surface area contributed by atoms with E-state index >= 15 is 0 Å². The molecule has 0 unspecified atom stereocenters. The van der Waals surface area contributed by atoms with E-state index in [2.05, 4.69) is 12.9 Å². The second-order valence-corrected chi connectivity index (χ2v) is 6.03. The first-order chi connectivity index (χ1) is 8.07. The highest BCUT2D eigenvalue weighted by Crippen LogP contribution is 2.21. The van der Waals surface area contributed by atoms with E-state index in [1.54, 1.807) is 20.8 Å². The predicted molar refractivity (Wildman–Crippen MR) is 77.1 cm³/mol. The number of ether oxygens (including phenoxy) is 1. The van der Waals surface area contributed by atoms with Gasteiger partial charge in [0.05, 0.1) is 17.8 Å². The molecule has 0 aromatic carbocycles. The van der Waals surface area contributed by atoms with E-state index in [1.807, 2.05) is 13.8 Å². The third-order valence-electron chi connectivity index (χ3n) is 2.79. The Morgan fingerprint density at radius 1 is 1.22 bits per heavy atom. The standard InChI is InChI=1S/C13H27NO3S/c1-10(17-18)11(14)6-7-13(4,5)16-9-8-12(2,3)15/h15,18H,6-9,14H2,1-5H3/b11-10+. The fraction of sp³-hybridized carbons (Fsp3) is 0.846. The smallest absolute Gasteiger partial charge is 0.129 e. The summed E-state index contributed by atoms with van der Waals surface area (Å²) in [5, 5.41) is 9.60. The van der Waals surface area contributed by atoms with Crippen LogP contribution in [-0.4, -0.2) is 22.9 Å². The van der Waals surface area contributed by atoms with Crippen LogP contribution in [0.4, 0.5) is 0 Å². The van der Waals surface area contributed by atoms with Crippen molar-refractivity contribution in [3.63, 3.8) is 0 Å². The maximum absolute atomic E-state index is 9.60. The molecule has 0 amide bonds. The minimum atomic E-state index is -0.689. The molecule has 108 valence electrons. The zero-order valence-corrected chi connectivity index (χ0v) is 13.0. The molecule has 5 heteroatoms. The Bertz CT molecular complexity index is 282. The quantitative estimate of drug-likeness (QED) is 0.363. The topological polar surface area (TPSA) is 64.7 Å². The van der Waals surface area contributed by atoms with Gasteiger partial charge >= 0.3 is 0 Å². The van der Waals surface area contributed by atoms with E-state index in [9.17, 15) is 5.11 Å². The van der Waals surface area contributed by atoms with Gasteiger partial charge in [-0.2, -0.15) is 0 Å². The van der Waals surface area contributed by atoms with Crippen LogP contribution < -0.4 is 5.73 Å². The Balaban J connectivity index is 4.09. The van der Waals surface area contributed by atoms with Crippen LogP contribution in [0.5, 0.6) is 0 Å². The van der Waals surface area contributed by atoms with Gasteiger partial charge < -0.3 is 19.8 Å². The van der Waals surface area contributed by atoms with Crippen LogP contribution in [-0.2, 0) is 8.92 Å². The monoisotopic (exact) mass is 277 g/mol. The van der Waals surface area contributed by atoms with Crippen LogP contribution >= 0.6 is 12.9 Å². The molecule has 0 saturated heterocycles. The Hall–Kier alpha value is -0.390. The van der Waals surface area contributed by atoms with Crippen LogP contribution in [0, 0.1) is 0 Å². The maximum Gasteiger partial charge on any atom is 0.129 e. The first-order valence-corrected chi connectivity index (χ1v) is 6.57. The lowest BCUT2D eigenvalue weighted by molar-refractivity contribution is -0.0497. The summed E-state index contributed by atoms with van der Waals surface area (Å²) in [5.41, 5.74) is 5.57. The molecule has 0 aromatic rings. The lowest BCUT2D eigenvalue weighted by Gasteiger charge is -2.27. The molecule has 0 fully saturated rings. The molecule has 0 spiro atoms. The highest BCUT2D eigenvalue weighted by molar-refractivity contribution is 7.75. The molecule has 0 atom stereocenters. The van der Waals surface area contributed by atoms with E-state index in [1.165, 1.54) is 0 Å². The maximum atomic E-state index is 9.60. The number of hydrogen-bond donors (Lipinski definition) is 3. The minimum Gasteiger partial charge on any atom is -0.432 e. The molecule has 0 saturated carbocycles. The Kier molecular flexibility index (Phi) is 7.10. The van der Waals surface area contributed by atoms with Crippen molar-refractivity contribution in [2.24, 2.45) is 5.73 Å². The summed E-state index contributed by atoms with van der Waals surface area (Å²) in [6, 6.07) is 0. The van der Waals surface area contributed by atoms with E-state index in [0.717, 1.165) is 6.42 Å². The summed E-state index contributed by atoms with van der Waals surface area (Å²) in [6.45, 7) is 9.89. The second kappa shape index (κ2) is 7.26. The van der Waals surface area contributed by atoms with Crippen molar-refractivity contribution < 1.29 is 14.0 Å². The summed E-state index contributed by atoms with van der Waals surface area (Å²) < 4.78 is 10.5. The van der Waals surface area contributed by atoms with Crippen molar-refractivity contribution in [3.8, 4) is 0 Å². The predicted octanol–water partition coefficient (Wildman–Crippen LogP) is 2.77. The summed E-state index contributed by atoms with van der Waals surface area (Å²) in [7, 11) is 0. The fourth-order valence-corrected chi connectivity index (χ4v) is 1.44. The largest absolute Gasteiger partial charge is 0.432 e. The number of nitrogens with two attached hydrogens (primary N) is 1. The molecule has 0 rings (SSSR count). The van der Waals surface area contributed by atoms with Gasteiger partial charge in [-0.25, -0.2) is 0 Å². The number of rotatable bonds is 8. The van der Waals surface area contributed by atoms with Crippen molar-refractivity contribution in [3.05, 3.63) is 11.5 Å². The SMILES string of the molecule is C/C(OS)=C(\N)CCC(C)(C)OCCC(C)(C)O. The molecule has 18 heavy (non-hydrogen) atoms. The molecule has 0 aliphatic carbocycles. The average Bonchev–Trinajstić information content (AvgIpc) is 2.22. The van der Waals surface area contributed by atoms with Gasteiger partial charge in [0.1, 0.15) is 5.76 Å². The van der Waals surface area contributed by atoms with Crippen molar-refractivity contribution in [2.45, 2.75) is 65.1 Å². The van der Waals surface area contributed by atoms with Gasteiger partial charge in [-0.05, 0) is 53.9 Å². The first kappa shape index (κ1) is 17.6. The number of hydrogen-bond acceptors (Lipinski definition) is 5. The molecule has 0 aromatic heterocycles. The van der Waals surface area contributed by atoms with E-state index in [4.69, 9.17) is 14.7 Å². The van der Waals surface area contributed by atoms with Gasteiger partial charge in [0.2, 0.25) is 0 Å². The second-order valence-electron chi connectivity index (χ2n) is 5.84. The third kappa shape index (κ3) is 8.66. The molecule has 0 radical (unpaired) electrons. The van der Waals surface area contributed by atoms with Gasteiger partial charge in [-0.1, -0.05) is 0 Å². The zero-order chi connectivity index (χ0) is 14.4. The van der Waals surface area contributed by atoms with Gasteiger partial charge in [0.25, 0.3) is 0 Å². The lowest BCUT2D eigenvalue weighted by atomic mass is 10.0. The van der Waals surface area contributed by atoms with Crippen LogP contribution in [0.1, 0.15) is 53.9 Å². The molecule has 0 bridgehead atoms. The van der Waals surface area contributed by atoms with Crippen molar-refractivity contribution in [1.29, 1.82) is 0 Å².